The van der Waals surface area contributed by atoms with Gasteiger partial charge in [0.05, 0.1) is 12.6 Å². The van der Waals surface area contributed by atoms with Crippen molar-refractivity contribution in [3.8, 4) is 5.75 Å². The van der Waals surface area contributed by atoms with E-state index in [1.165, 1.54) is 6.92 Å². The van der Waals surface area contributed by atoms with Crippen molar-refractivity contribution < 1.29 is 19.1 Å². The fourth-order valence-electron chi connectivity index (χ4n) is 3.12. The molecule has 0 aliphatic carbocycles. The number of para-hydroxylation sites is 1. The van der Waals surface area contributed by atoms with Crippen molar-refractivity contribution in [1.29, 1.82) is 0 Å². The Labute approximate surface area is 184 Å². The van der Waals surface area contributed by atoms with Crippen molar-refractivity contribution >= 4 is 23.3 Å². The fourth-order valence-corrected chi connectivity index (χ4v) is 3.12. The van der Waals surface area contributed by atoms with Crippen LogP contribution in [0.4, 0.5) is 5.69 Å². The van der Waals surface area contributed by atoms with E-state index in [2.05, 4.69) is 38.3 Å². The minimum atomic E-state index is -0.782. The molecule has 6 nitrogen and oxygen atoms in total. The van der Waals surface area contributed by atoms with Crippen molar-refractivity contribution in [3.63, 3.8) is 0 Å². The lowest BCUT2D eigenvalue weighted by Crippen LogP contribution is -2.38. The van der Waals surface area contributed by atoms with E-state index in [1.807, 2.05) is 24.3 Å². The van der Waals surface area contributed by atoms with Crippen LogP contribution >= 0.6 is 0 Å². The Bertz CT molecular complexity index is 921. The van der Waals surface area contributed by atoms with E-state index >= 15 is 0 Å². The third-order valence-corrected chi connectivity index (χ3v) is 4.61. The summed E-state index contributed by atoms with van der Waals surface area (Å²) in [6, 6.07) is 13.7. The van der Waals surface area contributed by atoms with Crippen molar-refractivity contribution in [3.05, 3.63) is 59.7 Å². The van der Waals surface area contributed by atoms with Gasteiger partial charge in [0, 0.05) is 16.8 Å². The maximum Gasteiger partial charge on any atom is 0.313 e. The summed E-state index contributed by atoms with van der Waals surface area (Å²) in [5.74, 6) is -0.277. The highest BCUT2D eigenvalue weighted by molar-refractivity contribution is 6.39. The summed E-state index contributed by atoms with van der Waals surface area (Å²) >= 11 is 0. The van der Waals surface area contributed by atoms with Gasteiger partial charge in [0.1, 0.15) is 5.75 Å². The summed E-state index contributed by atoms with van der Waals surface area (Å²) in [7, 11) is 0. The molecule has 0 fully saturated rings. The van der Waals surface area contributed by atoms with Gasteiger partial charge >= 0.3 is 11.8 Å². The van der Waals surface area contributed by atoms with Crippen LogP contribution in [0.3, 0.4) is 0 Å². The lowest BCUT2D eigenvalue weighted by molar-refractivity contribution is -0.136. The zero-order valence-corrected chi connectivity index (χ0v) is 18.9. The van der Waals surface area contributed by atoms with Crippen LogP contribution in [0.15, 0.2) is 48.5 Å². The van der Waals surface area contributed by atoms with Crippen molar-refractivity contribution in [2.75, 3.05) is 11.9 Å². The predicted octanol–water partition coefficient (Wildman–Crippen LogP) is 4.77. The van der Waals surface area contributed by atoms with Crippen LogP contribution in [0, 0.1) is 11.8 Å². The molecule has 0 spiro atoms. The summed E-state index contributed by atoms with van der Waals surface area (Å²) in [4.78, 5) is 36.7. The Balaban J connectivity index is 2.17. The summed E-state index contributed by atoms with van der Waals surface area (Å²) in [5, 5.41) is 5.42. The summed E-state index contributed by atoms with van der Waals surface area (Å²) in [5.41, 5.74) is 1.71. The second-order valence-electron chi connectivity index (χ2n) is 8.49. The molecule has 6 heteroatoms. The van der Waals surface area contributed by atoms with Gasteiger partial charge < -0.3 is 15.4 Å². The third-order valence-electron chi connectivity index (χ3n) is 4.61. The van der Waals surface area contributed by atoms with Crippen LogP contribution < -0.4 is 15.4 Å². The van der Waals surface area contributed by atoms with Gasteiger partial charge in [-0.2, -0.15) is 0 Å². The van der Waals surface area contributed by atoms with Gasteiger partial charge in [0.25, 0.3) is 0 Å². The molecule has 31 heavy (non-hydrogen) atoms. The molecule has 2 aromatic carbocycles. The smallest absolute Gasteiger partial charge is 0.313 e. The first kappa shape index (κ1) is 24.1. The largest absolute Gasteiger partial charge is 0.493 e. The van der Waals surface area contributed by atoms with Gasteiger partial charge in [-0.05, 0) is 43.4 Å². The minimum absolute atomic E-state index is 0.115. The monoisotopic (exact) mass is 424 g/mol. The van der Waals surface area contributed by atoms with Crippen LogP contribution in [-0.2, 0) is 9.59 Å². The number of ether oxygens (including phenoxy) is 1. The van der Waals surface area contributed by atoms with E-state index in [4.69, 9.17) is 4.74 Å². The Morgan fingerprint density at radius 1 is 0.903 bits per heavy atom. The van der Waals surface area contributed by atoms with Crippen LogP contribution in [0.1, 0.15) is 63.0 Å². The fraction of sp³-hybridized carbons (Fsp3) is 0.400. The Kier molecular flexibility index (Phi) is 8.79. The second-order valence-corrected chi connectivity index (χ2v) is 8.49. The molecule has 166 valence electrons. The number of amides is 2. The predicted molar refractivity (Wildman–Crippen MR) is 122 cm³/mol. The molecule has 1 unspecified atom stereocenters. The molecule has 2 N–H and O–H groups in total. The van der Waals surface area contributed by atoms with Gasteiger partial charge in [0.2, 0.25) is 0 Å². The first-order valence-electron chi connectivity index (χ1n) is 10.6. The lowest BCUT2D eigenvalue weighted by Gasteiger charge is -2.23. The zero-order chi connectivity index (χ0) is 23.0. The molecule has 2 amide bonds. The van der Waals surface area contributed by atoms with Crippen LogP contribution in [-0.4, -0.2) is 24.2 Å². The molecule has 0 heterocycles. The average Bonchev–Trinajstić information content (AvgIpc) is 2.71. The zero-order valence-electron chi connectivity index (χ0n) is 18.9. The van der Waals surface area contributed by atoms with Crippen molar-refractivity contribution in [2.45, 2.75) is 47.1 Å². The first-order valence-corrected chi connectivity index (χ1v) is 10.6. The van der Waals surface area contributed by atoms with Crippen molar-refractivity contribution in [1.82, 2.24) is 5.32 Å². The molecule has 0 aromatic heterocycles. The van der Waals surface area contributed by atoms with Gasteiger partial charge in [-0.15, -0.1) is 0 Å². The number of nitrogens with one attached hydrogen (secondary N) is 2. The highest BCUT2D eigenvalue weighted by Gasteiger charge is 2.23. The highest BCUT2D eigenvalue weighted by Crippen LogP contribution is 2.30. The van der Waals surface area contributed by atoms with E-state index in [9.17, 15) is 14.4 Å². The molecule has 0 saturated carbocycles. The van der Waals surface area contributed by atoms with Gasteiger partial charge in [-0.3, -0.25) is 14.4 Å². The molecular weight excluding hydrogens is 392 g/mol. The van der Waals surface area contributed by atoms with Gasteiger partial charge in [0.15, 0.2) is 5.78 Å². The molecule has 0 aliphatic heterocycles. The number of hydrogen-bond donors (Lipinski definition) is 2. The van der Waals surface area contributed by atoms with Crippen LogP contribution in [0.5, 0.6) is 5.75 Å². The van der Waals surface area contributed by atoms with Gasteiger partial charge in [-0.25, -0.2) is 0 Å². The number of hydrogen-bond acceptors (Lipinski definition) is 4. The minimum Gasteiger partial charge on any atom is -0.493 e. The standard InChI is InChI=1S/C25H32N2O4/c1-16(2)13-22(21-11-6-7-12-23(21)31-15-17(3)4)27-25(30)24(29)26-20-10-8-9-19(14-20)18(5)28/h6-12,14,16-17,22H,13,15H2,1-5H3,(H,26,29)(H,27,30). The summed E-state index contributed by atoms with van der Waals surface area (Å²) < 4.78 is 5.95. The quantitative estimate of drug-likeness (QED) is 0.449. The molecular formula is C25H32N2O4. The normalized spacial score (nSPS) is 11.8. The van der Waals surface area contributed by atoms with E-state index in [0.29, 0.717) is 41.9 Å². The molecule has 2 rings (SSSR count). The van der Waals surface area contributed by atoms with Crippen LogP contribution in [0.2, 0.25) is 0 Å². The van der Waals surface area contributed by atoms with E-state index in [1.54, 1.807) is 24.3 Å². The number of Topliss-reactive ketones (excluding diaryl/α,β-unsaturated/α-hetero) is 1. The second kappa shape index (κ2) is 11.3. The maximum absolute atomic E-state index is 12.7. The molecule has 1 atom stereocenters. The number of benzene rings is 2. The number of carbonyl (C=O) groups excluding carboxylic acids is 3. The highest BCUT2D eigenvalue weighted by atomic mass is 16.5. The molecule has 0 aliphatic rings. The number of ketones is 1. The van der Waals surface area contributed by atoms with Gasteiger partial charge in [-0.1, -0.05) is 58.0 Å². The summed E-state index contributed by atoms with van der Waals surface area (Å²) in [6.45, 7) is 10.3. The average molecular weight is 425 g/mol. The molecule has 0 saturated heterocycles. The first-order chi connectivity index (χ1) is 14.7. The van der Waals surface area contributed by atoms with E-state index < -0.39 is 11.8 Å². The Morgan fingerprint density at radius 2 is 1.61 bits per heavy atom. The Hall–Kier alpha value is -3.15. The molecule has 0 bridgehead atoms. The van der Waals surface area contributed by atoms with E-state index in [0.717, 1.165) is 5.56 Å². The molecule has 0 radical (unpaired) electrons. The maximum atomic E-state index is 12.7. The number of rotatable bonds is 9. The van der Waals surface area contributed by atoms with Crippen molar-refractivity contribution in [2.24, 2.45) is 11.8 Å². The topological polar surface area (TPSA) is 84.5 Å². The molecule has 2 aromatic rings. The van der Waals surface area contributed by atoms with Crippen LogP contribution in [0.25, 0.3) is 0 Å². The third kappa shape index (κ3) is 7.55. The lowest BCUT2D eigenvalue weighted by atomic mass is 9.96. The number of anilines is 1. The van der Waals surface area contributed by atoms with E-state index in [-0.39, 0.29) is 11.8 Å². The SMILES string of the molecule is CC(=O)c1cccc(NC(=O)C(=O)NC(CC(C)C)c2ccccc2OCC(C)C)c1. The number of carbonyl (C=O) groups is 3. The Morgan fingerprint density at radius 3 is 2.26 bits per heavy atom. The summed E-state index contributed by atoms with van der Waals surface area (Å²) in [6.07, 6.45) is 0.654.